The molecule has 0 unspecified atom stereocenters. The number of benzene rings is 1. The van der Waals surface area contributed by atoms with Crippen LogP contribution >= 0.6 is 0 Å². The molecule has 0 aliphatic carbocycles. The van der Waals surface area contributed by atoms with Gasteiger partial charge in [0.1, 0.15) is 0 Å². The zero-order valence-corrected chi connectivity index (χ0v) is 11.3. The van der Waals surface area contributed by atoms with Crippen molar-refractivity contribution in [2.75, 3.05) is 18.0 Å². The standard InChI is InChI=1S/C14H20F3NO/c1-3-7-18(8-4-2)13-6-5-11(10-19)9-12(13)14(15,16)17/h5-6,9,19H,3-4,7-8,10H2,1-2H3. The molecule has 19 heavy (non-hydrogen) atoms. The molecule has 0 heterocycles. The summed E-state index contributed by atoms with van der Waals surface area (Å²) in [7, 11) is 0. The number of hydrogen-bond donors (Lipinski definition) is 1. The lowest BCUT2D eigenvalue weighted by Gasteiger charge is -2.27. The Balaban J connectivity index is 3.23. The summed E-state index contributed by atoms with van der Waals surface area (Å²) in [6.07, 6.45) is -2.82. The average molecular weight is 275 g/mol. The topological polar surface area (TPSA) is 23.5 Å². The molecule has 0 bridgehead atoms. The second-order valence-electron chi connectivity index (χ2n) is 4.49. The van der Waals surface area contributed by atoms with E-state index in [1.807, 2.05) is 13.8 Å². The van der Waals surface area contributed by atoms with Crippen molar-refractivity contribution in [2.45, 2.75) is 39.5 Å². The highest BCUT2D eigenvalue weighted by Crippen LogP contribution is 2.37. The van der Waals surface area contributed by atoms with Gasteiger partial charge in [-0.05, 0) is 30.5 Å². The second kappa shape index (κ2) is 6.80. The Labute approximate surface area is 111 Å². The molecule has 0 atom stereocenters. The first-order chi connectivity index (χ1) is 8.93. The van der Waals surface area contributed by atoms with Crippen LogP contribution in [0.1, 0.15) is 37.8 Å². The predicted molar refractivity (Wildman–Crippen MR) is 70.2 cm³/mol. The molecule has 108 valence electrons. The van der Waals surface area contributed by atoms with Crippen molar-refractivity contribution in [3.63, 3.8) is 0 Å². The molecular weight excluding hydrogens is 255 g/mol. The number of alkyl halides is 3. The van der Waals surface area contributed by atoms with Crippen LogP contribution in [-0.2, 0) is 12.8 Å². The van der Waals surface area contributed by atoms with Crippen LogP contribution in [0.5, 0.6) is 0 Å². The highest BCUT2D eigenvalue weighted by molar-refractivity contribution is 5.56. The summed E-state index contributed by atoms with van der Waals surface area (Å²) < 4.78 is 39.3. The van der Waals surface area contributed by atoms with E-state index < -0.39 is 11.7 Å². The van der Waals surface area contributed by atoms with Gasteiger partial charge in [0.2, 0.25) is 0 Å². The van der Waals surface area contributed by atoms with E-state index in [0.717, 1.165) is 18.9 Å². The van der Waals surface area contributed by atoms with Gasteiger partial charge in [-0.1, -0.05) is 19.9 Å². The van der Waals surface area contributed by atoms with Crippen LogP contribution in [0.3, 0.4) is 0 Å². The molecule has 1 rings (SSSR count). The van der Waals surface area contributed by atoms with Crippen LogP contribution in [0.15, 0.2) is 18.2 Å². The molecule has 0 spiro atoms. The molecule has 1 N–H and O–H groups in total. The normalized spacial score (nSPS) is 11.7. The lowest BCUT2D eigenvalue weighted by Crippen LogP contribution is -2.27. The summed E-state index contributed by atoms with van der Waals surface area (Å²) in [5, 5.41) is 8.98. The number of hydrogen-bond acceptors (Lipinski definition) is 2. The number of anilines is 1. The molecule has 0 saturated carbocycles. The van der Waals surface area contributed by atoms with E-state index in [1.165, 1.54) is 6.07 Å². The van der Waals surface area contributed by atoms with Crippen LogP contribution in [0, 0.1) is 0 Å². The number of nitrogens with zero attached hydrogens (tertiary/aromatic N) is 1. The Bertz CT molecular complexity index is 398. The largest absolute Gasteiger partial charge is 0.418 e. The maximum atomic E-state index is 13.1. The van der Waals surface area contributed by atoms with E-state index in [2.05, 4.69) is 0 Å². The first-order valence-corrected chi connectivity index (χ1v) is 6.50. The first kappa shape index (κ1) is 15.8. The van der Waals surface area contributed by atoms with Crippen molar-refractivity contribution in [2.24, 2.45) is 0 Å². The van der Waals surface area contributed by atoms with Crippen LogP contribution in [0.25, 0.3) is 0 Å². The van der Waals surface area contributed by atoms with Crippen LogP contribution in [-0.4, -0.2) is 18.2 Å². The Morgan fingerprint density at radius 2 is 1.68 bits per heavy atom. The zero-order valence-electron chi connectivity index (χ0n) is 11.3. The maximum absolute atomic E-state index is 13.1. The lowest BCUT2D eigenvalue weighted by molar-refractivity contribution is -0.137. The van der Waals surface area contributed by atoms with E-state index in [1.54, 1.807) is 11.0 Å². The Kier molecular flexibility index (Phi) is 5.66. The maximum Gasteiger partial charge on any atom is 0.418 e. The van der Waals surface area contributed by atoms with E-state index in [4.69, 9.17) is 5.11 Å². The van der Waals surface area contributed by atoms with Gasteiger partial charge < -0.3 is 10.0 Å². The fourth-order valence-corrected chi connectivity index (χ4v) is 2.08. The predicted octanol–water partition coefficient (Wildman–Crippen LogP) is 3.82. The summed E-state index contributed by atoms with van der Waals surface area (Å²) in [4.78, 5) is 1.75. The van der Waals surface area contributed by atoms with Gasteiger partial charge in [-0.3, -0.25) is 0 Å². The van der Waals surface area contributed by atoms with Gasteiger partial charge in [0.15, 0.2) is 0 Å². The summed E-state index contributed by atoms with van der Waals surface area (Å²) in [5.41, 5.74) is -0.182. The Hall–Kier alpha value is -1.23. The quantitative estimate of drug-likeness (QED) is 0.853. The number of halogens is 3. The highest BCUT2D eigenvalue weighted by Gasteiger charge is 2.34. The van der Waals surface area contributed by atoms with Crippen LogP contribution in [0.4, 0.5) is 18.9 Å². The van der Waals surface area contributed by atoms with Crippen LogP contribution in [0.2, 0.25) is 0 Å². The van der Waals surface area contributed by atoms with Gasteiger partial charge in [0.05, 0.1) is 12.2 Å². The molecule has 0 radical (unpaired) electrons. The van der Waals surface area contributed by atoms with E-state index in [-0.39, 0.29) is 17.9 Å². The first-order valence-electron chi connectivity index (χ1n) is 6.50. The van der Waals surface area contributed by atoms with Gasteiger partial charge in [-0.15, -0.1) is 0 Å². The number of aliphatic hydroxyl groups is 1. The van der Waals surface area contributed by atoms with Gasteiger partial charge in [0, 0.05) is 18.8 Å². The summed E-state index contributed by atoms with van der Waals surface area (Å²) >= 11 is 0. The van der Waals surface area contributed by atoms with E-state index in [0.29, 0.717) is 13.1 Å². The third-order valence-electron chi connectivity index (χ3n) is 2.88. The highest BCUT2D eigenvalue weighted by atomic mass is 19.4. The molecule has 0 aliphatic rings. The minimum atomic E-state index is -4.40. The second-order valence-corrected chi connectivity index (χ2v) is 4.49. The molecule has 5 heteroatoms. The van der Waals surface area contributed by atoms with Crippen molar-refractivity contribution in [3.05, 3.63) is 29.3 Å². The van der Waals surface area contributed by atoms with Crippen molar-refractivity contribution in [3.8, 4) is 0 Å². The van der Waals surface area contributed by atoms with Gasteiger partial charge in [-0.25, -0.2) is 0 Å². The average Bonchev–Trinajstić information content (AvgIpc) is 2.37. The molecule has 0 amide bonds. The Morgan fingerprint density at radius 3 is 2.11 bits per heavy atom. The molecule has 0 aliphatic heterocycles. The molecule has 0 fully saturated rings. The SMILES string of the molecule is CCCN(CCC)c1ccc(CO)cc1C(F)(F)F. The number of rotatable bonds is 6. The van der Waals surface area contributed by atoms with Crippen molar-refractivity contribution in [1.82, 2.24) is 0 Å². The summed E-state index contributed by atoms with van der Waals surface area (Å²) in [6.45, 7) is 4.69. The Morgan fingerprint density at radius 1 is 1.11 bits per heavy atom. The molecule has 0 saturated heterocycles. The van der Waals surface area contributed by atoms with Gasteiger partial charge in [-0.2, -0.15) is 13.2 Å². The molecular formula is C14H20F3NO. The molecule has 0 aromatic heterocycles. The fraction of sp³-hybridized carbons (Fsp3) is 0.571. The third kappa shape index (κ3) is 4.13. The van der Waals surface area contributed by atoms with E-state index >= 15 is 0 Å². The monoisotopic (exact) mass is 275 g/mol. The molecule has 1 aromatic carbocycles. The lowest BCUT2D eigenvalue weighted by atomic mass is 10.1. The minimum Gasteiger partial charge on any atom is -0.392 e. The minimum absolute atomic E-state index is 0.202. The van der Waals surface area contributed by atoms with Crippen molar-refractivity contribution < 1.29 is 18.3 Å². The van der Waals surface area contributed by atoms with Crippen molar-refractivity contribution in [1.29, 1.82) is 0 Å². The van der Waals surface area contributed by atoms with Gasteiger partial charge in [0.25, 0.3) is 0 Å². The zero-order chi connectivity index (χ0) is 14.5. The summed E-state index contributed by atoms with van der Waals surface area (Å²) in [6, 6.07) is 4.04. The molecule has 2 nitrogen and oxygen atoms in total. The third-order valence-corrected chi connectivity index (χ3v) is 2.88. The van der Waals surface area contributed by atoms with E-state index in [9.17, 15) is 13.2 Å². The fourth-order valence-electron chi connectivity index (χ4n) is 2.08. The van der Waals surface area contributed by atoms with Gasteiger partial charge >= 0.3 is 6.18 Å². The van der Waals surface area contributed by atoms with Crippen molar-refractivity contribution >= 4 is 5.69 Å². The van der Waals surface area contributed by atoms with Crippen LogP contribution < -0.4 is 4.90 Å². The number of aliphatic hydroxyl groups excluding tert-OH is 1. The smallest absolute Gasteiger partial charge is 0.392 e. The molecule has 1 aromatic rings. The summed E-state index contributed by atoms with van der Waals surface area (Å²) in [5.74, 6) is 0.